The van der Waals surface area contributed by atoms with Crippen LogP contribution in [0.1, 0.15) is 0 Å². The van der Waals surface area contributed by atoms with E-state index in [-0.39, 0.29) is 6.10 Å². The molecule has 102 valence electrons. The van der Waals surface area contributed by atoms with E-state index < -0.39 is 0 Å². The van der Waals surface area contributed by atoms with E-state index >= 15 is 0 Å². The Balaban J connectivity index is 1.94. The van der Waals surface area contributed by atoms with Crippen molar-refractivity contribution in [3.05, 3.63) is 12.1 Å². The van der Waals surface area contributed by atoms with E-state index in [1.54, 1.807) is 13.2 Å². The fourth-order valence-corrected chi connectivity index (χ4v) is 2.14. The van der Waals surface area contributed by atoms with Gasteiger partial charge in [0.1, 0.15) is 5.52 Å². The quantitative estimate of drug-likeness (QED) is 0.865. The van der Waals surface area contributed by atoms with Crippen LogP contribution in [-0.2, 0) is 16.0 Å². The first-order valence-electron chi connectivity index (χ1n) is 6.14. The van der Waals surface area contributed by atoms with Gasteiger partial charge < -0.3 is 19.9 Å². The summed E-state index contributed by atoms with van der Waals surface area (Å²) in [7, 11) is 1.58. The van der Waals surface area contributed by atoms with Crippen LogP contribution in [0.4, 0.5) is 5.95 Å². The summed E-state index contributed by atoms with van der Waals surface area (Å²) in [5, 5.41) is 0. The predicted molar refractivity (Wildman–Crippen MR) is 69.1 cm³/mol. The van der Waals surface area contributed by atoms with E-state index in [1.807, 2.05) is 10.6 Å². The van der Waals surface area contributed by atoms with Crippen molar-refractivity contribution in [2.24, 2.45) is 0 Å². The molecule has 1 aliphatic rings. The molecule has 7 nitrogen and oxygen atoms in total. The molecule has 0 spiro atoms. The minimum absolute atomic E-state index is 0.0264. The maximum atomic E-state index is 5.94. The molecule has 2 aromatic heterocycles. The zero-order valence-corrected chi connectivity index (χ0v) is 10.7. The first-order valence-corrected chi connectivity index (χ1v) is 6.14. The third kappa shape index (κ3) is 2.34. The standard InChI is InChI=1S/C12H16N4O3/c1-17-10-3-2-9-11(15-10)16(12(13)14-9)6-8-7-18-4-5-19-8/h2-3,8H,4-7H2,1H3,(H2,13,14). The van der Waals surface area contributed by atoms with Crippen molar-refractivity contribution in [1.29, 1.82) is 0 Å². The molecule has 19 heavy (non-hydrogen) atoms. The van der Waals surface area contributed by atoms with Crippen LogP contribution in [0.5, 0.6) is 5.88 Å². The second-order valence-corrected chi connectivity index (χ2v) is 4.34. The molecule has 0 saturated carbocycles. The van der Waals surface area contributed by atoms with Gasteiger partial charge in [0.25, 0.3) is 0 Å². The number of nitrogen functional groups attached to an aromatic ring is 1. The Morgan fingerprint density at radius 1 is 1.42 bits per heavy atom. The van der Waals surface area contributed by atoms with Crippen molar-refractivity contribution in [2.45, 2.75) is 12.6 Å². The summed E-state index contributed by atoms with van der Waals surface area (Å²) < 4.78 is 18.0. The molecule has 0 amide bonds. The average molecular weight is 264 g/mol. The van der Waals surface area contributed by atoms with Gasteiger partial charge in [0.05, 0.1) is 39.6 Å². The highest BCUT2D eigenvalue weighted by Crippen LogP contribution is 2.20. The number of nitrogens with two attached hydrogens (primary N) is 1. The highest BCUT2D eigenvalue weighted by molar-refractivity contribution is 5.74. The number of imidazole rings is 1. The lowest BCUT2D eigenvalue weighted by molar-refractivity contribution is -0.0931. The number of methoxy groups -OCH3 is 1. The molecule has 0 bridgehead atoms. The van der Waals surface area contributed by atoms with Crippen LogP contribution in [0.15, 0.2) is 12.1 Å². The number of rotatable bonds is 3. The zero-order chi connectivity index (χ0) is 13.2. The summed E-state index contributed by atoms with van der Waals surface area (Å²) in [5.74, 6) is 0.958. The second-order valence-electron chi connectivity index (χ2n) is 4.34. The molecule has 3 heterocycles. The summed E-state index contributed by atoms with van der Waals surface area (Å²) >= 11 is 0. The number of anilines is 1. The van der Waals surface area contributed by atoms with Crippen LogP contribution in [0, 0.1) is 0 Å². The first kappa shape index (κ1) is 12.2. The number of ether oxygens (including phenoxy) is 3. The molecule has 1 atom stereocenters. The molecular formula is C12H16N4O3. The molecule has 1 saturated heterocycles. The first-order chi connectivity index (χ1) is 9.28. The molecule has 1 fully saturated rings. The second kappa shape index (κ2) is 5.02. The summed E-state index contributed by atoms with van der Waals surface area (Å²) in [4.78, 5) is 8.66. The van der Waals surface area contributed by atoms with Gasteiger partial charge in [0.2, 0.25) is 11.8 Å². The zero-order valence-electron chi connectivity index (χ0n) is 10.7. The summed E-state index contributed by atoms with van der Waals surface area (Å²) in [6.07, 6.45) is -0.0264. The van der Waals surface area contributed by atoms with Gasteiger partial charge >= 0.3 is 0 Å². The molecule has 2 N–H and O–H groups in total. The molecule has 7 heteroatoms. The molecule has 1 aliphatic heterocycles. The molecule has 3 rings (SSSR count). The normalized spacial score (nSPS) is 19.7. The molecule has 0 radical (unpaired) electrons. The minimum atomic E-state index is -0.0264. The van der Waals surface area contributed by atoms with Gasteiger partial charge in [-0.05, 0) is 6.07 Å². The van der Waals surface area contributed by atoms with Crippen LogP contribution in [0.25, 0.3) is 11.2 Å². The van der Waals surface area contributed by atoms with Crippen LogP contribution >= 0.6 is 0 Å². The van der Waals surface area contributed by atoms with Gasteiger partial charge in [-0.15, -0.1) is 0 Å². The highest BCUT2D eigenvalue weighted by atomic mass is 16.6. The van der Waals surface area contributed by atoms with Crippen molar-refractivity contribution in [1.82, 2.24) is 14.5 Å². The molecule has 2 aromatic rings. The van der Waals surface area contributed by atoms with E-state index in [2.05, 4.69) is 9.97 Å². The van der Waals surface area contributed by atoms with Crippen LogP contribution in [0.3, 0.4) is 0 Å². The Morgan fingerprint density at radius 2 is 2.32 bits per heavy atom. The Kier molecular flexibility index (Phi) is 3.22. The lowest BCUT2D eigenvalue weighted by atomic mass is 10.3. The highest BCUT2D eigenvalue weighted by Gasteiger charge is 2.19. The Labute approximate surface area is 110 Å². The van der Waals surface area contributed by atoms with E-state index in [4.69, 9.17) is 19.9 Å². The lowest BCUT2D eigenvalue weighted by Gasteiger charge is -2.23. The number of hydrogen-bond donors (Lipinski definition) is 1. The lowest BCUT2D eigenvalue weighted by Crippen LogP contribution is -2.32. The van der Waals surface area contributed by atoms with E-state index in [9.17, 15) is 0 Å². The Hall–Kier alpha value is -1.86. The molecule has 0 aliphatic carbocycles. The van der Waals surface area contributed by atoms with E-state index in [0.717, 1.165) is 5.52 Å². The molecular weight excluding hydrogens is 248 g/mol. The van der Waals surface area contributed by atoms with Gasteiger partial charge in [0.15, 0.2) is 5.65 Å². The smallest absolute Gasteiger partial charge is 0.215 e. The van der Waals surface area contributed by atoms with Crippen molar-refractivity contribution in [3.8, 4) is 5.88 Å². The third-order valence-electron chi connectivity index (χ3n) is 3.08. The summed E-state index contributed by atoms with van der Waals surface area (Å²) in [6.45, 7) is 2.38. The summed E-state index contributed by atoms with van der Waals surface area (Å²) in [5.41, 5.74) is 7.38. The van der Waals surface area contributed by atoms with Gasteiger partial charge in [-0.2, -0.15) is 4.98 Å². The maximum Gasteiger partial charge on any atom is 0.215 e. The maximum absolute atomic E-state index is 5.94. The van der Waals surface area contributed by atoms with Crippen LogP contribution in [-0.4, -0.2) is 47.6 Å². The molecule has 1 unspecified atom stereocenters. The third-order valence-corrected chi connectivity index (χ3v) is 3.08. The van der Waals surface area contributed by atoms with Crippen molar-refractivity contribution in [2.75, 3.05) is 32.7 Å². The minimum Gasteiger partial charge on any atom is -0.481 e. The fraction of sp³-hybridized carbons (Fsp3) is 0.500. The SMILES string of the molecule is COc1ccc2nc(N)n(CC3COCCO3)c2n1. The van der Waals surface area contributed by atoms with E-state index in [0.29, 0.717) is 43.8 Å². The van der Waals surface area contributed by atoms with Crippen molar-refractivity contribution >= 4 is 17.1 Å². The predicted octanol–water partition coefficient (Wildman–Crippen LogP) is 0.437. The topological polar surface area (TPSA) is 84.4 Å². The van der Waals surface area contributed by atoms with E-state index in [1.165, 1.54) is 0 Å². The Morgan fingerprint density at radius 3 is 3.05 bits per heavy atom. The number of fused-ring (bicyclic) bond motifs is 1. The van der Waals surface area contributed by atoms with Crippen LogP contribution in [0.2, 0.25) is 0 Å². The monoisotopic (exact) mass is 264 g/mol. The number of aromatic nitrogens is 3. The van der Waals surface area contributed by atoms with Gasteiger partial charge in [-0.1, -0.05) is 0 Å². The van der Waals surface area contributed by atoms with Crippen molar-refractivity contribution < 1.29 is 14.2 Å². The number of pyridine rings is 1. The number of hydrogen-bond acceptors (Lipinski definition) is 6. The Bertz CT molecular complexity index is 578. The largest absolute Gasteiger partial charge is 0.481 e. The van der Waals surface area contributed by atoms with Gasteiger partial charge in [-0.3, -0.25) is 4.57 Å². The average Bonchev–Trinajstić information content (AvgIpc) is 2.76. The van der Waals surface area contributed by atoms with Crippen LogP contribution < -0.4 is 10.5 Å². The molecule has 0 aromatic carbocycles. The van der Waals surface area contributed by atoms with Crippen molar-refractivity contribution in [3.63, 3.8) is 0 Å². The van der Waals surface area contributed by atoms with Gasteiger partial charge in [0, 0.05) is 6.07 Å². The summed E-state index contributed by atoms with van der Waals surface area (Å²) in [6, 6.07) is 3.60. The van der Waals surface area contributed by atoms with Gasteiger partial charge in [-0.25, -0.2) is 4.98 Å². The fourth-order valence-electron chi connectivity index (χ4n) is 2.14. The number of nitrogens with zero attached hydrogens (tertiary/aromatic N) is 3.